The van der Waals surface area contributed by atoms with E-state index in [1.54, 1.807) is 0 Å². The fraction of sp³-hybridized carbons (Fsp3) is 1.00. The third-order valence-electron chi connectivity index (χ3n) is 2.19. The van der Waals surface area contributed by atoms with Crippen molar-refractivity contribution in [2.24, 2.45) is 0 Å². The van der Waals surface area contributed by atoms with Gasteiger partial charge in [-0.05, 0) is 32.4 Å². The third kappa shape index (κ3) is 4.32. The Bertz CT molecular complexity index is 85.8. The summed E-state index contributed by atoms with van der Waals surface area (Å²) in [6, 6.07) is 0.589. The Kier molecular flexibility index (Phi) is 8.04. The quantitative estimate of drug-likeness (QED) is 0.559. The molecule has 0 aromatic heterocycles. The molecule has 0 spiro atoms. The summed E-state index contributed by atoms with van der Waals surface area (Å²) in [5.41, 5.74) is 0. The van der Waals surface area contributed by atoms with Crippen LogP contribution in [0.15, 0.2) is 0 Å². The summed E-state index contributed by atoms with van der Waals surface area (Å²) in [4.78, 5) is 2.51. The van der Waals surface area contributed by atoms with Crippen LogP contribution in [0.25, 0.3) is 0 Å². The number of nitrogens with zero attached hydrogens (tertiary/aromatic N) is 1. The zero-order valence-electron chi connectivity index (χ0n) is 8.65. The lowest BCUT2D eigenvalue weighted by atomic mass is 10.2. The van der Waals surface area contributed by atoms with E-state index in [9.17, 15) is 0 Å². The highest BCUT2D eigenvalue weighted by Gasteiger charge is 2.13. The van der Waals surface area contributed by atoms with Gasteiger partial charge in [0, 0.05) is 11.9 Å². The predicted molar refractivity (Wildman–Crippen MR) is 57.0 cm³/mol. The second-order valence-electron chi connectivity index (χ2n) is 3.25. The van der Waals surface area contributed by atoms with Crippen LogP contribution in [-0.4, -0.2) is 29.9 Å². The van der Waals surface area contributed by atoms with Crippen LogP contribution in [0, 0.1) is 0 Å². The second-order valence-corrected chi connectivity index (χ2v) is 3.56. The predicted octanol–water partition coefficient (Wildman–Crippen LogP) is 3.13. The molecule has 0 bridgehead atoms. The monoisotopic (exact) mass is 191 g/mol. The van der Waals surface area contributed by atoms with Gasteiger partial charge in [0.05, 0.1) is 0 Å². The molecular formula is C10H22ClN. The fourth-order valence-corrected chi connectivity index (χ4v) is 1.93. The number of hydrogen-bond acceptors (Lipinski definition) is 1. The van der Waals surface area contributed by atoms with E-state index in [0.717, 1.165) is 5.88 Å². The summed E-state index contributed by atoms with van der Waals surface area (Å²) < 4.78 is 0. The van der Waals surface area contributed by atoms with Crippen LogP contribution in [-0.2, 0) is 0 Å². The van der Waals surface area contributed by atoms with Gasteiger partial charge in [0.25, 0.3) is 0 Å². The second kappa shape index (κ2) is 7.88. The summed E-state index contributed by atoms with van der Waals surface area (Å²) in [5.74, 6) is 0.774. The first-order valence-electron chi connectivity index (χ1n) is 5.10. The van der Waals surface area contributed by atoms with E-state index in [-0.39, 0.29) is 0 Å². The minimum atomic E-state index is 0.589. The van der Waals surface area contributed by atoms with Gasteiger partial charge in [0.1, 0.15) is 0 Å². The van der Waals surface area contributed by atoms with Gasteiger partial charge in [-0.1, -0.05) is 20.8 Å². The zero-order chi connectivity index (χ0) is 9.40. The van der Waals surface area contributed by atoms with E-state index in [0.29, 0.717) is 6.04 Å². The Morgan fingerprint density at radius 1 is 1.08 bits per heavy atom. The van der Waals surface area contributed by atoms with Gasteiger partial charge in [0.2, 0.25) is 0 Å². The molecule has 0 N–H and O–H groups in total. The van der Waals surface area contributed by atoms with Crippen molar-refractivity contribution in [1.82, 2.24) is 4.90 Å². The first-order valence-corrected chi connectivity index (χ1v) is 5.63. The van der Waals surface area contributed by atoms with Gasteiger partial charge >= 0.3 is 0 Å². The highest BCUT2D eigenvalue weighted by atomic mass is 35.5. The van der Waals surface area contributed by atoms with Gasteiger partial charge in [0.15, 0.2) is 0 Å². The lowest BCUT2D eigenvalue weighted by molar-refractivity contribution is 0.207. The van der Waals surface area contributed by atoms with Crippen molar-refractivity contribution in [2.75, 3.05) is 19.0 Å². The molecule has 0 fully saturated rings. The fourth-order valence-electron chi connectivity index (χ4n) is 1.52. The molecule has 0 rings (SSSR count). The number of hydrogen-bond donors (Lipinski definition) is 0. The lowest BCUT2D eigenvalue weighted by Gasteiger charge is -2.28. The van der Waals surface area contributed by atoms with Gasteiger partial charge in [-0.25, -0.2) is 0 Å². The summed E-state index contributed by atoms with van der Waals surface area (Å²) in [6.07, 6.45) is 3.63. The van der Waals surface area contributed by atoms with Gasteiger partial charge in [-0.15, -0.1) is 11.6 Å². The topological polar surface area (TPSA) is 3.24 Å². The standard InChI is InChI=1S/C10H22ClN/c1-4-7-12(8-5-2)10(6-3)9-11/h10H,4-9H2,1-3H3. The Balaban J connectivity index is 3.86. The Labute approximate surface area is 82.1 Å². The molecule has 0 amide bonds. The van der Waals surface area contributed by atoms with Crippen LogP contribution >= 0.6 is 11.6 Å². The smallest absolute Gasteiger partial charge is 0.0379 e. The molecule has 1 unspecified atom stereocenters. The largest absolute Gasteiger partial charge is 0.299 e. The number of halogens is 1. The van der Waals surface area contributed by atoms with Crippen LogP contribution in [0.5, 0.6) is 0 Å². The molecule has 12 heavy (non-hydrogen) atoms. The lowest BCUT2D eigenvalue weighted by Crippen LogP contribution is -2.37. The first-order chi connectivity index (χ1) is 5.79. The first kappa shape index (κ1) is 12.2. The maximum absolute atomic E-state index is 5.89. The van der Waals surface area contributed by atoms with E-state index >= 15 is 0 Å². The Morgan fingerprint density at radius 3 is 1.83 bits per heavy atom. The van der Waals surface area contributed by atoms with E-state index in [2.05, 4.69) is 25.7 Å². The molecular weight excluding hydrogens is 170 g/mol. The molecule has 0 aliphatic heterocycles. The van der Waals surface area contributed by atoms with Gasteiger partial charge < -0.3 is 0 Å². The van der Waals surface area contributed by atoms with Crippen LogP contribution in [0.2, 0.25) is 0 Å². The molecule has 0 aliphatic rings. The summed E-state index contributed by atoms with van der Waals surface area (Å²) in [6.45, 7) is 9.05. The molecule has 0 aromatic rings. The van der Waals surface area contributed by atoms with Crippen molar-refractivity contribution < 1.29 is 0 Å². The van der Waals surface area contributed by atoms with Crippen LogP contribution < -0.4 is 0 Å². The normalized spacial score (nSPS) is 13.8. The third-order valence-corrected chi connectivity index (χ3v) is 2.54. The van der Waals surface area contributed by atoms with Crippen molar-refractivity contribution in [1.29, 1.82) is 0 Å². The highest BCUT2D eigenvalue weighted by molar-refractivity contribution is 6.18. The summed E-state index contributed by atoms with van der Waals surface area (Å²) in [7, 11) is 0. The van der Waals surface area contributed by atoms with E-state index in [4.69, 9.17) is 11.6 Å². The van der Waals surface area contributed by atoms with Crippen LogP contribution in [0.4, 0.5) is 0 Å². The molecule has 0 aliphatic carbocycles. The SMILES string of the molecule is CCCN(CCC)C(CC)CCl. The molecule has 1 atom stereocenters. The molecule has 2 heteroatoms. The maximum Gasteiger partial charge on any atom is 0.0379 e. The summed E-state index contributed by atoms with van der Waals surface area (Å²) >= 11 is 5.89. The highest BCUT2D eigenvalue weighted by Crippen LogP contribution is 2.07. The van der Waals surface area contributed by atoms with Crippen molar-refractivity contribution in [3.05, 3.63) is 0 Å². The van der Waals surface area contributed by atoms with Crippen molar-refractivity contribution in [3.63, 3.8) is 0 Å². The van der Waals surface area contributed by atoms with E-state index < -0.39 is 0 Å². The number of rotatable bonds is 7. The molecule has 0 saturated heterocycles. The molecule has 0 aromatic carbocycles. The van der Waals surface area contributed by atoms with Crippen molar-refractivity contribution in [3.8, 4) is 0 Å². The minimum absolute atomic E-state index is 0.589. The average Bonchev–Trinajstić information content (AvgIpc) is 2.07. The molecule has 74 valence electrons. The van der Waals surface area contributed by atoms with E-state index in [1.807, 2.05) is 0 Å². The maximum atomic E-state index is 5.89. The molecule has 0 saturated carbocycles. The summed E-state index contributed by atoms with van der Waals surface area (Å²) in [5, 5.41) is 0. The Morgan fingerprint density at radius 2 is 1.58 bits per heavy atom. The zero-order valence-corrected chi connectivity index (χ0v) is 9.40. The van der Waals surface area contributed by atoms with Gasteiger partial charge in [-0.2, -0.15) is 0 Å². The van der Waals surface area contributed by atoms with Crippen molar-refractivity contribution >= 4 is 11.6 Å². The molecule has 1 nitrogen and oxygen atoms in total. The number of alkyl halides is 1. The average molecular weight is 192 g/mol. The van der Waals surface area contributed by atoms with E-state index in [1.165, 1.54) is 32.4 Å². The minimum Gasteiger partial charge on any atom is -0.299 e. The molecule has 0 radical (unpaired) electrons. The van der Waals surface area contributed by atoms with Crippen LogP contribution in [0.1, 0.15) is 40.0 Å². The van der Waals surface area contributed by atoms with Crippen molar-refractivity contribution in [2.45, 2.75) is 46.1 Å². The molecule has 0 heterocycles. The van der Waals surface area contributed by atoms with Crippen LogP contribution in [0.3, 0.4) is 0 Å². The van der Waals surface area contributed by atoms with Gasteiger partial charge in [-0.3, -0.25) is 4.90 Å². The Hall–Kier alpha value is 0.250.